The second kappa shape index (κ2) is 7.98. The molecule has 0 amide bonds. The van der Waals surface area contributed by atoms with Crippen LogP contribution in [-0.4, -0.2) is 29.3 Å². The van der Waals surface area contributed by atoms with E-state index in [0.717, 1.165) is 13.0 Å². The summed E-state index contributed by atoms with van der Waals surface area (Å²) in [7, 11) is -3.45. The lowest BCUT2D eigenvalue weighted by atomic mass is 10.0. The highest BCUT2D eigenvalue weighted by atomic mass is 28.4. The van der Waals surface area contributed by atoms with Gasteiger partial charge in [-0.3, -0.25) is 0 Å². The van der Waals surface area contributed by atoms with Crippen LogP contribution >= 0.6 is 0 Å². The van der Waals surface area contributed by atoms with Crippen molar-refractivity contribution in [1.82, 2.24) is 0 Å². The molecule has 0 unspecified atom stereocenters. The molecule has 4 heteroatoms. The van der Waals surface area contributed by atoms with Crippen LogP contribution < -0.4 is 0 Å². The van der Waals surface area contributed by atoms with Crippen LogP contribution in [0.2, 0.25) is 36.3 Å². The smallest absolute Gasteiger partial charge is 0.192 e. The first-order valence-electron chi connectivity index (χ1n) is 8.99. The second-order valence-corrected chi connectivity index (χ2v) is 19.5. The van der Waals surface area contributed by atoms with Crippen LogP contribution in [-0.2, 0) is 8.85 Å². The summed E-state index contributed by atoms with van der Waals surface area (Å²) in [6.07, 6.45) is 3.18. The molecule has 0 N–H and O–H groups in total. The van der Waals surface area contributed by atoms with E-state index >= 15 is 0 Å². The van der Waals surface area contributed by atoms with Crippen molar-refractivity contribution >= 4 is 16.6 Å². The van der Waals surface area contributed by atoms with E-state index in [2.05, 4.69) is 81.2 Å². The van der Waals surface area contributed by atoms with Gasteiger partial charge in [0, 0.05) is 6.61 Å². The molecular weight excluding hydrogens is 316 g/mol. The van der Waals surface area contributed by atoms with Crippen LogP contribution in [0.4, 0.5) is 0 Å². The number of hydrogen-bond acceptors (Lipinski definition) is 2. The minimum atomic E-state index is -1.77. The molecule has 0 aliphatic rings. The Labute approximate surface area is 148 Å². The summed E-state index contributed by atoms with van der Waals surface area (Å²) in [6, 6.07) is 0. The van der Waals surface area contributed by atoms with Crippen LogP contribution in [0.3, 0.4) is 0 Å². The molecular formula is C19H42O2Si2. The maximum absolute atomic E-state index is 6.66. The first-order chi connectivity index (χ1) is 10.0. The van der Waals surface area contributed by atoms with Gasteiger partial charge in [-0.05, 0) is 48.6 Å². The Morgan fingerprint density at radius 1 is 0.913 bits per heavy atom. The molecule has 0 saturated heterocycles. The van der Waals surface area contributed by atoms with Crippen LogP contribution in [0.1, 0.15) is 54.9 Å². The van der Waals surface area contributed by atoms with Crippen LogP contribution in [0.15, 0.2) is 12.7 Å². The zero-order valence-electron chi connectivity index (χ0n) is 17.7. The van der Waals surface area contributed by atoms with Gasteiger partial charge in [0.2, 0.25) is 0 Å². The average molecular weight is 359 g/mol. The molecule has 0 rings (SSSR count). The van der Waals surface area contributed by atoms with Gasteiger partial charge in [-0.15, -0.1) is 6.58 Å². The predicted octanol–water partition coefficient (Wildman–Crippen LogP) is 6.61. The highest BCUT2D eigenvalue weighted by Crippen LogP contribution is 2.39. The van der Waals surface area contributed by atoms with Gasteiger partial charge in [0.05, 0.1) is 6.10 Å². The standard InChI is InChI=1S/C19H42O2Si2/c1-13-16(2)17(21-23(11,12)19(6,7)8)14-15-20-22(9,10)18(3,4)5/h13,16-17H,1,14-15H2,2-12H3/t16-,17-/m0/s1. The summed E-state index contributed by atoms with van der Waals surface area (Å²) in [5.74, 6) is 0.354. The molecule has 2 atom stereocenters. The molecule has 0 aliphatic heterocycles. The van der Waals surface area contributed by atoms with Gasteiger partial charge in [0.25, 0.3) is 0 Å². The maximum Gasteiger partial charge on any atom is 0.192 e. The van der Waals surface area contributed by atoms with Crippen molar-refractivity contribution in [3.63, 3.8) is 0 Å². The largest absolute Gasteiger partial charge is 0.417 e. The SMILES string of the molecule is C=C[C@H](C)[C@H](CCO[Si](C)(C)C(C)(C)C)O[Si](C)(C)C(C)(C)C. The van der Waals surface area contributed by atoms with E-state index in [0.29, 0.717) is 5.92 Å². The molecule has 23 heavy (non-hydrogen) atoms. The average Bonchev–Trinajstić information content (AvgIpc) is 2.33. The van der Waals surface area contributed by atoms with Crippen molar-refractivity contribution in [2.24, 2.45) is 5.92 Å². The second-order valence-electron chi connectivity index (χ2n) is 9.91. The molecule has 0 fully saturated rings. The van der Waals surface area contributed by atoms with E-state index in [1.807, 2.05) is 6.08 Å². The van der Waals surface area contributed by atoms with E-state index in [9.17, 15) is 0 Å². The highest BCUT2D eigenvalue weighted by molar-refractivity contribution is 6.74. The Balaban J connectivity index is 4.88. The van der Waals surface area contributed by atoms with Crippen molar-refractivity contribution in [3.05, 3.63) is 12.7 Å². The molecule has 0 aromatic heterocycles. The van der Waals surface area contributed by atoms with Gasteiger partial charge in [-0.25, -0.2) is 0 Å². The molecule has 0 heterocycles. The third-order valence-electron chi connectivity index (χ3n) is 5.88. The summed E-state index contributed by atoms with van der Waals surface area (Å²) in [6.45, 7) is 30.0. The molecule has 0 aromatic carbocycles. The van der Waals surface area contributed by atoms with Gasteiger partial charge in [-0.2, -0.15) is 0 Å². The summed E-state index contributed by atoms with van der Waals surface area (Å²) in [5.41, 5.74) is 0. The molecule has 0 spiro atoms. The Morgan fingerprint density at radius 2 is 1.35 bits per heavy atom. The maximum atomic E-state index is 6.66. The lowest BCUT2D eigenvalue weighted by molar-refractivity contribution is 0.113. The molecule has 0 saturated carbocycles. The number of hydrogen-bond donors (Lipinski definition) is 0. The fraction of sp³-hybridized carbons (Fsp3) is 0.895. The molecule has 0 aliphatic carbocycles. The first kappa shape index (κ1) is 23.1. The summed E-state index contributed by atoms with van der Waals surface area (Å²) in [4.78, 5) is 0. The van der Waals surface area contributed by atoms with E-state index in [4.69, 9.17) is 8.85 Å². The lowest BCUT2D eigenvalue weighted by Gasteiger charge is -2.41. The van der Waals surface area contributed by atoms with Gasteiger partial charge in [-0.1, -0.05) is 54.5 Å². The first-order valence-corrected chi connectivity index (χ1v) is 14.8. The van der Waals surface area contributed by atoms with Crippen molar-refractivity contribution in [2.45, 2.75) is 97.3 Å². The van der Waals surface area contributed by atoms with Crippen LogP contribution in [0.25, 0.3) is 0 Å². The molecule has 0 radical (unpaired) electrons. The van der Waals surface area contributed by atoms with Crippen molar-refractivity contribution in [1.29, 1.82) is 0 Å². The third-order valence-corrected chi connectivity index (χ3v) is 14.9. The minimum absolute atomic E-state index is 0.207. The van der Waals surface area contributed by atoms with E-state index in [1.54, 1.807) is 0 Å². The molecule has 2 nitrogen and oxygen atoms in total. The van der Waals surface area contributed by atoms with E-state index < -0.39 is 16.6 Å². The van der Waals surface area contributed by atoms with Crippen molar-refractivity contribution in [2.75, 3.05) is 6.61 Å². The van der Waals surface area contributed by atoms with Gasteiger partial charge < -0.3 is 8.85 Å². The third kappa shape index (κ3) is 6.85. The summed E-state index contributed by atoms with van der Waals surface area (Å²) in [5, 5.41) is 0.485. The van der Waals surface area contributed by atoms with Crippen LogP contribution in [0.5, 0.6) is 0 Å². The summed E-state index contributed by atoms with van der Waals surface area (Å²) >= 11 is 0. The van der Waals surface area contributed by atoms with Crippen molar-refractivity contribution in [3.8, 4) is 0 Å². The lowest BCUT2D eigenvalue weighted by Crippen LogP contribution is -2.46. The quantitative estimate of drug-likeness (QED) is 0.359. The molecule has 0 aromatic rings. The Hall–Kier alpha value is 0.0938. The zero-order chi connectivity index (χ0) is 18.7. The normalized spacial score (nSPS) is 17.0. The summed E-state index contributed by atoms with van der Waals surface area (Å²) < 4.78 is 13.0. The predicted molar refractivity (Wildman–Crippen MR) is 109 cm³/mol. The van der Waals surface area contributed by atoms with E-state index in [1.165, 1.54) is 0 Å². The fourth-order valence-corrected chi connectivity index (χ4v) is 4.29. The van der Waals surface area contributed by atoms with Crippen LogP contribution in [0, 0.1) is 5.92 Å². The van der Waals surface area contributed by atoms with Gasteiger partial charge in [0.1, 0.15) is 0 Å². The molecule has 138 valence electrons. The zero-order valence-corrected chi connectivity index (χ0v) is 19.7. The fourth-order valence-electron chi connectivity index (χ4n) is 1.78. The topological polar surface area (TPSA) is 18.5 Å². The Morgan fingerprint density at radius 3 is 1.70 bits per heavy atom. The number of rotatable bonds is 8. The van der Waals surface area contributed by atoms with Gasteiger partial charge >= 0.3 is 0 Å². The monoisotopic (exact) mass is 358 g/mol. The molecule has 0 bridgehead atoms. The highest BCUT2D eigenvalue weighted by Gasteiger charge is 2.40. The Bertz CT molecular complexity index is 376. The van der Waals surface area contributed by atoms with Gasteiger partial charge in [0.15, 0.2) is 16.6 Å². The van der Waals surface area contributed by atoms with Crippen molar-refractivity contribution < 1.29 is 8.85 Å². The Kier molecular flexibility index (Phi) is 8.01. The minimum Gasteiger partial charge on any atom is -0.417 e. The van der Waals surface area contributed by atoms with E-state index in [-0.39, 0.29) is 16.2 Å².